The summed E-state index contributed by atoms with van der Waals surface area (Å²) in [7, 11) is 1.63. The molecule has 2 aliphatic rings. The highest BCUT2D eigenvalue weighted by Crippen LogP contribution is 2.37. The SMILES string of the molecule is COC1CN(C(=O)N2CC(c3ccc(C(F)(F)F)cc3)CC(c3cc(C)[nH]n3)C2)C1. The number of alkyl halides is 3. The van der Waals surface area contributed by atoms with Crippen LogP contribution >= 0.6 is 0 Å². The molecule has 2 amide bonds. The summed E-state index contributed by atoms with van der Waals surface area (Å²) in [4.78, 5) is 16.5. The molecule has 2 fully saturated rings. The minimum atomic E-state index is -4.36. The number of aryl methyl sites for hydroxylation is 1. The number of aromatic nitrogens is 2. The Bertz CT molecular complexity index is 890. The van der Waals surface area contributed by atoms with Gasteiger partial charge in [-0.3, -0.25) is 5.10 Å². The van der Waals surface area contributed by atoms with Gasteiger partial charge in [0.05, 0.1) is 30.5 Å². The van der Waals surface area contributed by atoms with E-state index in [9.17, 15) is 18.0 Å². The number of halogens is 3. The van der Waals surface area contributed by atoms with Gasteiger partial charge in [-0.1, -0.05) is 12.1 Å². The van der Waals surface area contributed by atoms with E-state index in [0.29, 0.717) is 26.2 Å². The number of carbonyl (C=O) groups is 1. The largest absolute Gasteiger partial charge is 0.416 e. The Morgan fingerprint density at radius 2 is 1.73 bits per heavy atom. The lowest BCUT2D eigenvalue weighted by Gasteiger charge is -2.44. The second-order valence-electron chi connectivity index (χ2n) is 8.18. The Morgan fingerprint density at radius 3 is 2.30 bits per heavy atom. The van der Waals surface area contributed by atoms with Gasteiger partial charge < -0.3 is 14.5 Å². The number of hydrogen-bond acceptors (Lipinski definition) is 3. The molecule has 2 atom stereocenters. The number of amides is 2. The number of aromatic amines is 1. The average Bonchev–Trinajstić information content (AvgIpc) is 3.12. The molecule has 2 unspecified atom stereocenters. The first-order valence-corrected chi connectivity index (χ1v) is 10.00. The molecule has 2 saturated heterocycles. The lowest BCUT2D eigenvalue weighted by molar-refractivity contribution is -0.137. The van der Waals surface area contributed by atoms with Gasteiger partial charge in [0.15, 0.2) is 0 Å². The number of nitrogens with one attached hydrogen (secondary N) is 1. The van der Waals surface area contributed by atoms with Crippen molar-refractivity contribution in [2.24, 2.45) is 0 Å². The summed E-state index contributed by atoms with van der Waals surface area (Å²) in [5.74, 6) is -0.0501. The molecule has 1 N–H and O–H groups in total. The molecule has 0 aliphatic carbocycles. The van der Waals surface area contributed by atoms with Gasteiger partial charge in [-0.15, -0.1) is 0 Å². The maximum atomic E-state index is 13.0. The summed E-state index contributed by atoms with van der Waals surface area (Å²) in [6.45, 7) is 4.04. The number of rotatable bonds is 3. The zero-order valence-electron chi connectivity index (χ0n) is 16.9. The molecule has 3 heterocycles. The molecular weight excluding hydrogens is 397 g/mol. The number of hydrogen-bond donors (Lipinski definition) is 1. The Labute approximate surface area is 173 Å². The van der Waals surface area contributed by atoms with Crippen molar-refractivity contribution in [3.05, 3.63) is 52.8 Å². The maximum absolute atomic E-state index is 13.0. The van der Waals surface area contributed by atoms with Gasteiger partial charge in [-0.2, -0.15) is 18.3 Å². The zero-order chi connectivity index (χ0) is 21.5. The molecule has 2 aliphatic heterocycles. The first kappa shape index (κ1) is 20.7. The van der Waals surface area contributed by atoms with E-state index < -0.39 is 11.7 Å². The van der Waals surface area contributed by atoms with E-state index in [2.05, 4.69) is 10.2 Å². The summed E-state index contributed by atoms with van der Waals surface area (Å²) in [5, 5.41) is 7.31. The van der Waals surface area contributed by atoms with E-state index in [1.165, 1.54) is 12.1 Å². The van der Waals surface area contributed by atoms with Crippen molar-refractivity contribution < 1.29 is 22.7 Å². The van der Waals surface area contributed by atoms with Crippen molar-refractivity contribution >= 4 is 6.03 Å². The van der Waals surface area contributed by atoms with Crippen molar-refractivity contribution in [2.45, 2.75) is 37.5 Å². The second kappa shape index (κ2) is 7.94. The fourth-order valence-corrected chi connectivity index (χ4v) is 4.25. The monoisotopic (exact) mass is 422 g/mol. The van der Waals surface area contributed by atoms with Crippen molar-refractivity contribution in [1.82, 2.24) is 20.0 Å². The van der Waals surface area contributed by atoms with E-state index >= 15 is 0 Å². The van der Waals surface area contributed by atoms with Gasteiger partial charge in [0, 0.05) is 37.7 Å². The third-order valence-corrected chi connectivity index (χ3v) is 6.03. The minimum Gasteiger partial charge on any atom is -0.378 e. The van der Waals surface area contributed by atoms with E-state index in [4.69, 9.17) is 4.74 Å². The molecule has 162 valence electrons. The highest BCUT2D eigenvalue weighted by atomic mass is 19.4. The topological polar surface area (TPSA) is 61.5 Å². The summed E-state index contributed by atoms with van der Waals surface area (Å²) < 4.78 is 44.0. The number of urea groups is 1. The molecule has 9 heteroatoms. The predicted molar refractivity (Wildman–Crippen MR) is 104 cm³/mol. The third-order valence-electron chi connectivity index (χ3n) is 6.03. The molecule has 30 heavy (non-hydrogen) atoms. The van der Waals surface area contributed by atoms with E-state index in [1.807, 2.05) is 13.0 Å². The minimum absolute atomic E-state index is 0.0134. The molecule has 0 saturated carbocycles. The van der Waals surface area contributed by atoms with Crippen LogP contribution in [0.2, 0.25) is 0 Å². The first-order chi connectivity index (χ1) is 14.2. The number of piperidine rings is 1. The maximum Gasteiger partial charge on any atom is 0.416 e. The molecule has 0 spiro atoms. The molecule has 2 aromatic rings. The van der Waals surface area contributed by atoms with Crippen molar-refractivity contribution in [3.8, 4) is 0 Å². The number of nitrogens with zero attached hydrogens (tertiary/aromatic N) is 3. The molecular formula is C21H25F3N4O2. The van der Waals surface area contributed by atoms with Crippen LogP contribution in [-0.4, -0.2) is 65.4 Å². The van der Waals surface area contributed by atoms with Crippen molar-refractivity contribution in [2.75, 3.05) is 33.3 Å². The van der Waals surface area contributed by atoms with Crippen molar-refractivity contribution in [3.63, 3.8) is 0 Å². The molecule has 1 aromatic heterocycles. The lowest BCUT2D eigenvalue weighted by Crippen LogP contribution is -2.59. The van der Waals surface area contributed by atoms with Crippen LogP contribution in [0.3, 0.4) is 0 Å². The molecule has 6 nitrogen and oxygen atoms in total. The fourth-order valence-electron chi connectivity index (χ4n) is 4.25. The van der Waals surface area contributed by atoms with Gasteiger partial charge in [-0.25, -0.2) is 4.79 Å². The summed E-state index contributed by atoms with van der Waals surface area (Å²) >= 11 is 0. The van der Waals surface area contributed by atoms with Crippen LogP contribution in [0.15, 0.2) is 30.3 Å². The average molecular weight is 422 g/mol. The smallest absolute Gasteiger partial charge is 0.378 e. The van der Waals surface area contributed by atoms with Crippen LogP contribution in [0.1, 0.15) is 40.8 Å². The standard InChI is InChI=1S/C21H25F3N4O2/c1-13-7-19(26-25-13)16-8-15(14-3-5-17(6-4-14)21(22,23)24)9-27(10-16)20(29)28-11-18(12-28)30-2/h3-7,15-16,18H,8-12H2,1-2H3,(H,25,26). The Hall–Kier alpha value is -2.55. The van der Waals surface area contributed by atoms with Gasteiger partial charge in [0.25, 0.3) is 0 Å². The highest BCUT2D eigenvalue weighted by Gasteiger charge is 2.39. The lowest BCUT2D eigenvalue weighted by atomic mass is 9.82. The Kier molecular flexibility index (Phi) is 5.48. The number of benzene rings is 1. The first-order valence-electron chi connectivity index (χ1n) is 10.00. The summed E-state index contributed by atoms with van der Waals surface area (Å²) in [6, 6.07) is 7.19. The van der Waals surface area contributed by atoms with E-state index in [0.717, 1.165) is 35.5 Å². The number of ether oxygens (including phenoxy) is 1. The Balaban J connectivity index is 1.55. The van der Waals surface area contributed by atoms with Crippen LogP contribution < -0.4 is 0 Å². The molecule has 4 rings (SSSR count). The van der Waals surface area contributed by atoms with Gasteiger partial charge in [-0.05, 0) is 37.1 Å². The molecule has 0 radical (unpaired) electrons. The number of methoxy groups -OCH3 is 1. The van der Waals surface area contributed by atoms with Crippen LogP contribution in [0, 0.1) is 6.92 Å². The van der Waals surface area contributed by atoms with Crippen molar-refractivity contribution in [1.29, 1.82) is 0 Å². The molecule has 1 aromatic carbocycles. The van der Waals surface area contributed by atoms with Gasteiger partial charge in [0.1, 0.15) is 0 Å². The quantitative estimate of drug-likeness (QED) is 0.819. The highest BCUT2D eigenvalue weighted by molar-refractivity contribution is 5.76. The van der Waals surface area contributed by atoms with Crippen LogP contribution in [0.25, 0.3) is 0 Å². The normalized spacial score (nSPS) is 22.8. The fraction of sp³-hybridized carbons (Fsp3) is 0.524. The second-order valence-corrected chi connectivity index (χ2v) is 8.18. The van der Waals surface area contributed by atoms with E-state index in [-0.39, 0.29) is 24.0 Å². The van der Waals surface area contributed by atoms with Crippen LogP contribution in [-0.2, 0) is 10.9 Å². The molecule has 0 bridgehead atoms. The summed E-state index contributed by atoms with van der Waals surface area (Å²) in [5.41, 5.74) is 1.95. The van der Waals surface area contributed by atoms with E-state index in [1.54, 1.807) is 16.9 Å². The Morgan fingerprint density at radius 1 is 1.10 bits per heavy atom. The number of H-pyrrole nitrogens is 1. The summed E-state index contributed by atoms with van der Waals surface area (Å²) in [6.07, 6.45) is -3.58. The third kappa shape index (κ3) is 4.16. The van der Waals surface area contributed by atoms with Crippen LogP contribution in [0.5, 0.6) is 0 Å². The number of likely N-dealkylation sites (tertiary alicyclic amines) is 2. The number of carbonyl (C=O) groups excluding carboxylic acids is 1. The predicted octanol–water partition coefficient (Wildman–Crippen LogP) is 3.76. The van der Waals surface area contributed by atoms with Gasteiger partial charge in [0.2, 0.25) is 0 Å². The van der Waals surface area contributed by atoms with Gasteiger partial charge >= 0.3 is 12.2 Å². The van der Waals surface area contributed by atoms with Crippen LogP contribution in [0.4, 0.5) is 18.0 Å². The zero-order valence-corrected chi connectivity index (χ0v) is 16.9.